The lowest BCUT2D eigenvalue weighted by Crippen LogP contribution is -2.52. The lowest BCUT2D eigenvalue weighted by molar-refractivity contribution is 0.0383. The molecule has 0 bridgehead atoms. The minimum absolute atomic E-state index is 0.0959. The van der Waals surface area contributed by atoms with E-state index in [1.807, 2.05) is 0 Å². The summed E-state index contributed by atoms with van der Waals surface area (Å²) in [6.07, 6.45) is 0. The first kappa shape index (κ1) is 18.2. The van der Waals surface area contributed by atoms with Crippen LogP contribution in [0.25, 0.3) is 11.3 Å². The van der Waals surface area contributed by atoms with Crippen LogP contribution in [0.4, 0.5) is 8.78 Å². The maximum absolute atomic E-state index is 13.1. The molecule has 0 unspecified atom stereocenters. The first-order chi connectivity index (χ1) is 13.5. The number of likely N-dealkylation sites (tertiary alicyclic amines) is 1. The van der Waals surface area contributed by atoms with Crippen LogP contribution >= 0.6 is 0 Å². The summed E-state index contributed by atoms with van der Waals surface area (Å²) < 4.78 is 33.2. The largest absolute Gasteiger partial charge is 0.493 e. The Hall–Kier alpha value is -3.22. The number of benzene rings is 2. The number of hydrogen-bond acceptors (Lipinski definition) is 3. The van der Waals surface area contributed by atoms with Crippen LogP contribution in [0.5, 0.6) is 5.75 Å². The van der Waals surface area contributed by atoms with Crippen molar-refractivity contribution < 1.29 is 18.3 Å². The number of aryl methyl sites for hydroxylation is 1. The molecule has 1 aliphatic rings. The van der Waals surface area contributed by atoms with E-state index in [1.165, 1.54) is 24.3 Å². The fourth-order valence-corrected chi connectivity index (χ4v) is 3.18. The van der Waals surface area contributed by atoms with Crippen molar-refractivity contribution in [3.8, 4) is 17.0 Å². The SMILES string of the molecule is Cn1nc(-c2ccc(F)cc2)cc1C(=O)N1CC(COc2ccc(F)cc2)C1. The van der Waals surface area contributed by atoms with E-state index < -0.39 is 0 Å². The van der Waals surface area contributed by atoms with Gasteiger partial charge in [0.2, 0.25) is 0 Å². The molecule has 1 amide bonds. The quantitative estimate of drug-likeness (QED) is 0.677. The van der Waals surface area contributed by atoms with Crippen LogP contribution < -0.4 is 4.74 Å². The van der Waals surface area contributed by atoms with E-state index in [4.69, 9.17) is 4.74 Å². The van der Waals surface area contributed by atoms with Gasteiger partial charge in [0.05, 0.1) is 12.3 Å². The highest BCUT2D eigenvalue weighted by Gasteiger charge is 2.33. The molecule has 2 aromatic carbocycles. The van der Waals surface area contributed by atoms with Crippen molar-refractivity contribution >= 4 is 5.91 Å². The fraction of sp³-hybridized carbons (Fsp3) is 0.238. The molecular formula is C21H19F2N3O2. The van der Waals surface area contributed by atoms with Crippen LogP contribution in [0.2, 0.25) is 0 Å². The number of rotatable bonds is 5. The molecule has 7 heteroatoms. The summed E-state index contributed by atoms with van der Waals surface area (Å²) in [5, 5.41) is 4.37. The van der Waals surface area contributed by atoms with Gasteiger partial charge in [-0.05, 0) is 54.6 Å². The number of amides is 1. The summed E-state index contributed by atoms with van der Waals surface area (Å²) in [6, 6.07) is 13.6. The average molecular weight is 383 g/mol. The van der Waals surface area contributed by atoms with Gasteiger partial charge in [-0.3, -0.25) is 9.48 Å². The van der Waals surface area contributed by atoms with Gasteiger partial charge in [0.1, 0.15) is 23.1 Å². The number of halogens is 2. The Morgan fingerprint density at radius 2 is 1.68 bits per heavy atom. The van der Waals surface area contributed by atoms with Gasteiger partial charge >= 0.3 is 0 Å². The number of aromatic nitrogens is 2. The third-order valence-electron chi connectivity index (χ3n) is 4.78. The standard InChI is InChI=1S/C21H19F2N3O2/c1-25-20(10-19(24-25)15-2-4-16(22)5-3-15)21(27)26-11-14(12-26)13-28-18-8-6-17(23)7-9-18/h2-10,14H,11-13H2,1H3. The van der Waals surface area contributed by atoms with Crippen molar-refractivity contribution in [2.75, 3.05) is 19.7 Å². The van der Waals surface area contributed by atoms with Crippen molar-refractivity contribution in [3.63, 3.8) is 0 Å². The Kier molecular flexibility index (Phi) is 4.81. The number of ether oxygens (including phenoxy) is 1. The first-order valence-corrected chi connectivity index (χ1v) is 8.97. The summed E-state index contributed by atoms with van der Waals surface area (Å²) >= 11 is 0. The second kappa shape index (κ2) is 7.42. The van der Waals surface area contributed by atoms with E-state index in [2.05, 4.69) is 5.10 Å². The molecule has 1 saturated heterocycles. The van der Waals surface area contributed by atoms with E-state index in [0.717, 1.165) is 5.56 Å². The Morgan fingerprint density at radius 3 is 2.32 bits per heavy atom. The molecule has 1 aromatic heterocycles. The predicted octanol–water partition coefficient (Wildman–Crippen LogP) is 3.52. The van der Waals surface area contributed by atoms with Gasteiger partial charge in [0.25, 0.3) is 5.91 Å². The van der Waals surface area contributed by atoms with E-state index >= 15 is 0 Å². The maximum atomic E-state index is 13.1. The van der Waals surface area contributed by atoms with Gasteiger partial charge in [-0.15, -0.1) is 0 Å². The lowest BCUT2D eigenvalue weighted by atomic mass is 10.0. The fourth-order valence-electron chi connectivity index (χ4n) is 3.18. The summed E-state index contributed by atoms with van der Waals surface area (Å²) in [6.45, 7) is 1.66. The number of nitrogens with zero attached hydrogens (tertiary/aromatic N) is 3. The van der Waals surface area contributed by atoms with Crippen LogP contribution in [0.3, 0.4) is 0 Å². The summed E-state index contributed by atoms with van der Waals surface area (Å²) in [5.74, 6) is 0.136. The molecule has 28 heavy (non-hydrogen) atoms. The Bertz CT molecular complexity index is 978. The topological polar surface area (TPSA) is 47.4 Å². The van der Waals surface area contributed by atoms with E-state index in [9.17, 15) is 13.6 Å². The molecule has 2 heterocycles. The maximum Gasteiger partial charge on any atom is 0.272 e. The molecule has 0 spiro atoms. The van der Waals surface area contributed by atoms with Gasteiger partial charge in [-0.25, -0.2) is 8.78 Å². The second-order valence-electron chi connectivity index (χ2n) is 6.89. The summed E-state index contributed by atoms with van der Waals surface area (Å²) in [5.41, 5.74) is 1.87. The van der Waals surface area contributed by atoms with Crippen molar-refractivity contribution in [3.05, 3.63) is 71.9 Å². The molecule has 144 valence electrons. The molecule has 0 atom stereocenters. The van der Waals surface area contributed by atoms with Gasteiger partial charge in [-0.2, -0.15) is 5.10 Å². The zero-order valence-corrected chi connectivity index (χ0v) is 15.3. The molecule has 0 radical (unpaired) electrons. The van der Waals surface area contributed by atoms with Crippen LogP contribution in [0, 0.1) is 17.6 Å². The molecule has 3 aromatic rings. The lowest BCUT2D eigenvalue weighted by Gasteiger charge is -2.38. The number of carbonyl (C=O) groups is 1. The highest BCUT2D eigenvalue weighted by atomic mass is 19.1. The molecule has 0 N–H and O–H groups in total. The summed E-state index contributed by atoms with van der Waals surface area (Å²) in [4.78, 5) is 14.5. The Labute approximate surface area is 161 Å². The number of hydrogen-bond donors (Lipinski definition) is 0. The van der Waals surface area contributed by atoms with Gasteiger partial charge in [0.15, 0.2) is 0 Å². The molecule has 0 aliphatic carbocycles. The predicted molar refractivity (Wildman–Crippen MR) is 99.9 cm³/mol. The van der Waals surface area contributed by atoms with Gasteiger partial charge in [-0.1, -0.05) is 0 Å². The third kappa shape index (κ3) is 3.74. The van der Waals surface area contributed by atoms with Crippen molar-refractivity contribution in [2.24, 2.45) is 13.0 Å². The highest BCUT2D eigenvalue weighted by Crippen LogP contribution is 2.24. The van der Waals surface area contributed by atoms with Crippen molar-refractivity contribution in [2.45, 2.75) is 0 Å². The highest BCUT2D eigenvalue weighted by molar-refractivity contribution is 5.94. The zero-order chi connectivity index (χ0) is 19.7. The Morgan fingerprint density at radius 1 is 1.07 bits per heavy atom. The van der Waals surface area contributed by atoms with Gasteiger partial charge < -0.3 is 9.64 Å². The second-order valence-corrected chi connectivity index (χ2v) is 6.89. The summed E-state index contributed by atoms with van der Waals surface area (Å²) in [7, 11) is 1.72. The number of carbonyl (C=O) groups excluding carboxylic acids is 1. The van der Waals surface area contributed by atoms with Crippen LogP contribution in [-0.4, -0.2) is 40.3 Å². The monoisotopic (exact) mass is 383 g/mol. The minimum Gasteiger partial charge on any atom is -0.493 e. The van der Waals surface area contributed by atoms with Crippen LogP contribution in [-0.2, 0) is 7.05 Å². The normalized spacial score (nSPS) is 14.0. The minimum atomic E-state index is -0.314. The van der Waals surface area contributed by atoms with E-state index in [1.54, 1.807) is 47.0 Å². The molecule has 1 fully saturated rings. The molecule has 0 saturated carbocycles. The third-order valence-corrected chi connectivity index (χ3v) is 4.78. The molecular weight excluding hydrogens is 364 g/mol. The van der Waals surface area contributed by atoms with Crippen molar-refractivity contribution in [1.82, 2.24) is 14.7 Å². The van der Waals surface area contributed by atoms with Gasteiger partial charge in [0, 0.05) is 31.6 Å². The molecule has 5 nitrogen and oxygen atoms in total. The zero-order valence-electron chi connectivity index (χ0n) is 15.3. The van der Waals surface area contributed by atoms with Crippen LogP contribution in [0.15, 0.2) is 54.6 Å². The average Bonchev–Trinajstić information content (AvgIpc) is 3.04. The Balaban J connectivity index is 1.34. The van der Waals surface area contributed by atoms with E-state index in [0.29, 0.717) is 36.8 Å². The van der Waals surface area contributed by atoms with Crippen molar-refractivity contribution in [1.29, 1.82) is 0 Å². The smallest absolute Gasteiger partial charge is 0.272 e. The van der Waals surface area contributed by atoms with E-state index in [-0.39, 0.29) is 23.5 Å². The van der Waals surface area contributed by atoms with Crippen LogP contribution in [0.1, 0.15) is 10.5 Å². The molecule has 4 rings (SSSR count). The molecule has 1 aliphatic heterocycles. The first-order valence-electron chi connectivity index (χ1n) is 8.97.